The number of aromatic carboxylic acids is 1. The van der Waals surface area contributed by atoms with Crippen molar-refractivity contribution in [2.24, 2.45) is 0 Å². The summed E-state index contributed by atoms with van der Waals surface area (Å²) < 4.78 is 5.28. The number of hydrogen-bond acceptors (Lipinski definition) is 4. The Bertz CT molecular complexity index is 574. The summed E-state index contributed by atoms with van der Waals surface area (Å²) in [7, 11) is 0. The number of halogens is 1. The van der Waals surface area contributed by atoms with Crippen molar-refractivity contribution >= 4 is 30.0 Å². The molecule has 25 heavy (non-hydrogen) atoms. The Morgan fingerprint density at radius 1 is 1.28 bits per heavy atom. The molecular weight excluding hydrogens is 344 g/mol. The predicted octanol–water partition coefficient (Wildman–Crippen LogP) is 2.81. The number of ether oxygens (including phenoxy) is 1. The molecule has 1 aromatic carbocycles. The van der Waals surface area contributed by atoms with E-state index in [2.05, 4.69) is 17.1 Å². The van der Waals surface area contributed by atoms with Gasteiger partial charge in [0.2, 0.25) is 5.91 Å². The largest absolute Gasteiger partial charge is 0.478 e. The number of unbranched alkanes of at least 4 members (excludes halogenated alkanes) is 1. The molecule has 0 atom stereocenters. The van der Waals surface area contributed by atoms with Crippen LogP contribution in [0.1, 0.15) is 42.1 Å². The zero-order chi connectivity index (χ0) is 17.4. The molecule has 1 aliphatic rings. The molecule has 2 N–H and O–H groups in total. The number of carboxylic acids is 1. The van der Waals surface area contributed by atoms with Gasteiger partial charge in [-0.2, -0.15) is 0 Å². The SMILES string of the molecule is CCCCc1ccc(NC(=O)CCN2CCOCC2)c(C(=O)O)c1.Cl. The van der Waals surface area contributed by atoms with Gasteiger partial charge in [-0.05, 0) is 30.5 Å². The first-order valence-corrected chi connectivity index (χ1v) is 8.56. The number of nitrogens with one attached hydrogen (secondary N) is 1. The highest BCUT2D eigenvalue weighted by Crippen LogP contribution is 2.19. The Morgan fingerprint density at radius 2 is 2.00 bits per heavy atom. The van der Waals surface area contributed by atoms with Crippen LogP contribution in [-0.2, 0) is 16.0 Å². The van der Waals surface area contributed by atoms with Crippen molar-refractivity contribution in [3.63, 3.8) is 0 Å². The molecule has 140 valence electrons. The van der Waals surface area contributed by atoms with E-state index in [1.165, 1.54) is 0 Å². The maximum Gasteiger partial charge on any atom is 0.337 e. The Hall–Kier alpha value is -1.63. The smallest absolute Gasteiger partial charge is 0.337 e. The van der Waals surface area contributed by atoms with Crippen molar-refractivity contribution in [2.45, 2.75) is 32.6 Å². The van der Waals surface area contributed by atoms with Crippen LogP contribution in [0.4, 0.5) is 5.69 Å². The van der Waals surface area contributed by atoms with Gasteiger partial charge in [-0.25, -0.2) is 4.79 Å². The van der Waals surface area contributed by atoms with E-state index >= 15 is 0 Å². The highest BCUT2D eigenvalue weighted by molar-refractivity contribution is 6.00. The number of amides is 1. The molecule has 1 aliphatic heterocycles. The molecular formula is C18H27ClN2O4. The van der Waals surface area contributed by atoms with E-state index in [-0.39, 0.29) is 23.9 Å². The molecule has 0 saturated carbocycles. The van der Waals surface area contributed by atoms with Crippen LogP contribution in [0, 0.1) is 0 Å². The molecule has 1 amide bonds. The lowest BCUT2D eigenvalue weighted by Crippen LogP contribution is -2.38. The fraction of sp³-hybridized carbons (Fsp3) is 0.556. The third-order valence-electron chi connectivity index (χ3n) is 4.17. The summed E-state index contributed by atoms with van der Waals surface area (Å²) in [6, 6.07) is 5.25. The number of benzene rings is 1. The molecule has 6 nitrogen and oxygen atoms in total. The maximum atomic E-state index is 12.1. The lowest BCUT2D eigenvalue weighted by molar-refractivity contribution is -0.116. The van der Waals surface area contributed by atoms with Gasteiger partial charge < -0.3 is 15.2 Å². The fourth-order valence-corrected chi connectivity index (χ4v) is 2.71. The molecule has 2 rings (SSSR count). The third-order valence-corrected chi connectivity index (χ3v) is 4.17. The van der Waals surface area contributed by atoms with E-state index in [1.54, 1.807) is 12.1 Å². The van der Waals surface area contributed by atoms with Gasteiger partial charge in [-0.3, -0.25) is 9.69 Å². The Morgan fingerprint density at radius 3 is 2.64 bits per heavy atom. The summed E-state index contributed by atoms with van der Waals surface area (Å²) in [5.41, 5.74) is 1.51. The van der Waals surface area contributed by atoms with Crippen molar-refractivity contribution in [1.29, 1.82) is 0 Å². The van der Waals surface area contributed by atoms with Gasteiger partial charge in [0.25, 0.3) is 0 Å². The van der Waals surface area contributed by atoms with Gasteiger partial charge in [-0.1, -0.05) is 19.4 Å². The summed E-state index contributed by atoms with van der Waals surface area (Å²) in [5.74, 6) is -1.18. The Balaban J connectivity index is 0.00000312. The molecule has 0 unspecified atom stereocenters. The van der Waals surface area contributed by atoms with Crippen molar-refractivity contribution in [3.05, 3.63) is 29.3 Å². The molecule has 1 saturated heterocycles. The van der Waals surface area contributed by atoms with Crippen LogP contribution in [-0.4, -0.2) is 54.7 Å². The highest BCUT2D eigenvalue weighted by atomic mass is 35.5. The van der Waals surface area contributed by atoms with Gasteiger partial charge >= 0.3 is 5.97 Å². The zero-order valence-corrected chi connectivity index (χ0v) is 15.4. The molecule has 0 spiro atoms. The van der Waals surface area contributed by atoms with Gasteiger partial charge in [0.15, 0.2) is 0 Å². The van der Waals surface area contributed by atoms with E-state index in [9.17, 15) is 14.7 Å². The second-order valence-corrected chi connectivity index (χ2v) is 6.04. The lowest BCUT2D eigenvalue weighted by Gasteiger charge is -2.26. The highest BCUT2D eigenvalue weighted by Gasteiger charge is 2.15. The quantitative estimate of drug-likeness (QED) is 0.735. The topological polar surface area (TPSA) is 78.9 Å². The van der Waals surface area contributed by atoms with E-state index in [0.717, 1.165) is 37.9 Å². The van der Waals surface area contributed by atoms with Crippen molar-refractivity contribution in [1.82, 2.24) is 4.90 Å². The second-order valence-electron chi connectivity index (χ2n) is 6.04. The van der Waals surface area contributed by atoms with Gasteiger partial charge in [0.05, 0.1) is 24.5 Å². The average molecular weight is 371 g/mol. The number of aryl methyl sites for hydroxylation is 1. The van der Waals surface area contributed by atoms with Crippen LogP contribution in [0.5, 0.6) is 0 Å². The Kier molecular flexibility index (Phi) is 9.49. The summed E-state index contributed by atoms with van der Waals surface area (Å²) >= 11 is 0. The second kappa shape index (κ2) is 11.1. The van der Waals surface area contributed by atoms with Gasteiger partial charge in [0, 0.05) is 26.1 Å². The van der Waals surface area contributed by atoms with E-state index < -0.39 is 5.97 Å². The molecule has 7 heteroatoms. The van der Waals surface area contributed by atoms with Crippen LogP contribution < -0.4 is 5.32 Å². The number of nitrogens with zero attached hydrogens (tertiary/aromatic N) is 1. The monoisotopic (exact) mass is 370 g/mol. The number of carbonyl (C=O) groups excluding carboxylic acids is 1. The van der Waals surface area contributed by atoms with Crippen molar-refractivity contribution in [3.8, 4) is 0 Å². The molecule has 0 aliphatic carbocycles. The standard InChI is InChI=1S/C18H26N2O4.ClH/c1-2-3-4-14-5-6-16(15(13-14)18(22)23)19-17(21)7-8-20-9-11-24-12-10-20;/h5-6,13H,2-4,7-12H2,1H3,(H,19,21)(H,22,23);1H. The number of carboxylic acid groups (broad SMARTS) is 1. The molecule has 0 bridgehead atoms. The van der Waals surface area contributed by atoms with E-state index in [4.69, 9.17) is 4.74 Å². The minimum atomic E-state index is -1.02. The minimum Gasteiger partial charge on any atom is -0.478 e. The lowest BCUT2D eigenvalue weighted by atomic mass is 10.0. The summed E-state index contributed by atoms with van der Waals surface area (Å²) in [5, 5.41) is 12.1. The fourth-order valence-electron chi connectivity index (χ4n) is 2.71. The first-order chi connectivity index (χ1) is 11.6. The van der Waals surface area contributed by atoms with E-state index in [1.807, 2.05) is 6.07 Å². The molecule has 1 heterocycles. The first kappa shape index (κ1) is 21.4. The summed E-state index contributed by atoms with van der Waals surface area (Å²) in [6.45, 7) is 5.82. The number of carbonyl (C=O) groups is 2. The zero-order valence-electron chi connectivity index (χ0n) is 14.6. The molecule has 1 fully saturated rings. The van der Waals surface area contributed by atoms with Crippen LogP contribution in [0.2, 0.25) is 0 Å². The number of anilines is 1. The number of hydrogen-bond donors (Lipinski definition) is 2. The minimum absolute atomic E-state index is 0. The maximum absolute atomic E-state index is 12.1. The van der Waals surface area contributed by atoms with Crippen LogP contribution in [0.3, 0.4) is 0 Å². The van der Waals surface area contributed by atoms with Crippen molar-refractivity contribution < 1.29 is 19.4 Å². The predicted molar refractivity (Wildman–Crippen MR) is 99.8 cm³/mol. The Labute approximate surface area is 154 Å². The molecule has 0 radical (unpaired) electrons. The normalized spacial score (nSPS) is 14.6. The number of rotatable bonds is 8. The van der Waals surface area contributed by atoms with Crippen LogP contribution >= 0.6 is 12.4 Å². The molecule has 0 aromatic heterocycles. The van der Waals surface area contributed by atoms with E-state index in [0.29, 0.717) is 31.9 Å². The van der Waals surface area contributed by atoms with Crippen LogP contribution in [0.25, 0.3) is 0 Å². The third kappa shape index (κ3) is 7.02. The summed E-state index contributed by atoms with van der Waals surface area (Å²) in [6.07, 6.45) is 3.27. The number of morpholine rings is 1. The average Bonchev–Trinajstić information content (AvgIpc) is 2.59. The van der Waals surface area contributed by atoms with Crippen molar-refractivity contribution in [2.75, 3.05) is 38.2 Å². The van der Waals surface area contributed by atoms with Gasteiger partial charge in [0.1, 0.15) is 0 Å². The van der Waals surface area contributed by atoms with Crippen LogP contribution in [0.15, 0.2) is 18.2 Å². The first-order valence-electron chi connectivity index (χ1n) is 8.56. The van der Waals surface area contributed by atoms with Gasteiger partial charge in [-0.15, -0.1) is 12.4 Å². The summed E-state index contributed by atoms with van der Waals surface area (Å²) in [4.78, 5) is 25.8. The molecule has 1 aromatic rings.